The quantitative estimate of drug-likeness (QED) is 0.169. The van der Waals surface area contributed by atoms with Crippen LogP contribution < -0.4 is 4.90 Å². The summed E-state index contributed by atoms with van der Waals surface area (Å²) in [5.74, 6) is 0. The van der Waals surface area contributed by atoms with Gasteiger partial charge in [0.2, 0.25) is 0 Å². The first-order valence-corrected chi connectivity index (χ1v) is 17.1. The molecule has 50 heavy (non-hydrogen) atoms. The fraction of sp³-hybridized carbons (Fsp3) is 0. The Bertz CT molecular complexity index is 2490. The Hall–Kier alpha value is -6.64. The van der Waals surface area contributed by atoms with Crippen molar-refractivity contribution in [3.63, 3.8) is 0 Å². The van der Waals surface area contributed by atoms with Crippen LogP contribution in [-0.2, 0) is 0 Å². The number of nitrogens with zero attached hydrogens (tertiary/aromatic N) is 2. The van der Waals surface area contributed by atoms with E-state index in [9.17, 15) is 0 Å². The number of anilines is 3. The molecule has 0 aliphatic rings. The first kappa shape index (κ1) is 29.5. The summed E-state index contributed by atoms with van der Waals surface area (Å²) in [6, 6.07) is 74.1. The second-order valence-corrected chi connectivity index (χ2v) is 12.6. The third-order valence-corrected chi connectivity index (χ3v) is 9.59. The van der Waals surface area contributed by atoms with Crippen LogP contribution >= 0.6 is 0 Å². The van der Waals surface area contributed by atoms with Crippen molar-refractivity contribution in [2.75, 3.05) is 4.90 Å². The minimum atomic E-state index is 1.10. The molecule has 0 aliphatic heterocycles. The maximum Gasteiger partial charge on any atom is 0.0541 e. The molecule has 0 amide bonds. The molecular weight excluding hydrogens is 605 g/mol. The van der Waals surface area contributed by atoms with E-state index in [-0.39, 0.29) is 0 Å². The van der Waals surface area contributed by atoms with E-state index < -0.39 is 0 Å². The fourth-order valence-corrected chi connectivity index (χ4v) is 7.32. The van der Waals surface area contributed by atoms with Crippen molar-refractivity contribution in [3.8, 4) is 39.1 Å². The standard InChI is InChI=1S/C48H34N2/c1-4-17-35(18-5-1)36-19-16-20-37(33-36)45-34-40(49(38-21-6-2-7-22-38)39-23-8-3-9-24-39)31-32-41(45)42-25-10-13-28-46(42)50-47-29-14-11-26-43(47)44-27-12-15-30-48(44)50/h1-34H. The van der Waals surface area contributed by atoms with Gasteiger partial charge in [0.1, 0.15) is 0 Å². The highest BCUT2D eigenvalue weighted by molar-refractivity contribution is 6.10. The molecule has 9 rings (SSSR count). The molecule has 2 heteroatoms. The minimum absolute atomic E-state index is 1.10. The molecule has 236 valence electrons. The summed E-state index contributed by atoms with van der Waals surface area (Å²) in [5.41, 5.74) is 14.0. The number of hydrogen-bond donors (Lipinski definition) is 0. The number of aromatic nitrogens is 1. The average molecular weight is 639 g/mol. The summed E-state index contributed by atoms with van der Waals surface area (Å²) in [6.07, 6.45) is 0. The van der Waals surface area contributed by atoms with Crippen molar-refractivity contribution in [2.45, 2.75) is 0 Å². The van der Waals surface area contributed by atoms with Gasteiger partial charge in [0, 0.05) is 33.4 Å². The molecule has 0 radical (unpaired) electrons. The van der Waals surface area contributed by atoms with Crippen molar-refractivity contribution in [3.05, 3.63) is 206 Å². The Morgan fingerprint density at radius 3 is 1.48 bits per heavy atom. The largest absolute Gasteiger partial charge is 0.310 e. The zero-order chi connectivity index (χ0) is 33.3. The first-order valence-electron chi connectivity index (χ1n) is 17.1. The summed E-state index contributed by atoms with van der Waals surface area (Å²) in [5, 5.41) is 2.51. The van der Waals surface area contributed by atoms with E-state index in [2.05, 4.69) is 216 Å². The Morgan fingerprint density at radius 1 is 0.300 bits per heavy atom. The van der Waals surface area contributed by atoms with Gasteiger partial charge in [0.15, 0.2) is 0 Å². The molecule has 0 atom stereocenters. The molecule has 2 nitrogen and oxygen atoms in total. The lowest BCUT2D eigenvalue weighted by atomic mass is 9.91. The maximum atomic E-state index is 2.43. The highest BCUT2D eigenvalue weighted by Gasteiger charge is 2.20. The number of benzene rings is 8. The van der Waals surface area contributed by atoms with Crippen LogP contribution in [0, 0.1) is 0 Å². The molecule has 0 N–H and O–H groups in total. The second kappa shape index (κ2) is 12.8. The van der Waals surface area contributed by atoms with E-state index in [1.54, 1.807) is 0 Å². The SMILES string of the molecule is c1ccc(-c2cccc(-c3cc(N(c4ccccc4)c4ccccc4)ccc3-c3ccccc3-n3c4ccccc4c4ccccc43)c2)cc1. The van der Waals surface area contributed by atoms with E-state index in [1.165, 1.54) is 55.2 Å². The molecule has 0 saturated carbocycles. The topological polar surface area (TPSA) is 8.17 Å². The van der Waals surface area contributed by atoms with Crippen molar-refractivity contribution in [1.29, 1.82) is 0 Å². The van der Waals surface area contributed by atoms with Gasteiger partial charge in [-0.1, -0.05) is 146 Å². The van der Waals surface area contributed by atoms with Gasteiger partial charge < -0.3 is 9.47 Å². The highest BCUT2D eigenvalue weighted by atomic mass is 15.1. The summed E-state index contributed by atoms with van der Waals surface area (Å²) in [7, 11) is 0. The van der Waals surface area contributed by atoms with Gasteiger partial charge in [0.25, 0.3) is 0 Å². The lowest BCUT2D eigenvalue weighted by Gasteiger charge is -2.27. The Labute approximate surface area is 292 Å². The summed E-state index contributed by atoms with van der Waals surface area (Å²) in [6.45, 7) is 0. The van der Waals surface area contributed by atoms with Crippen LogP contribution in [0.5, 0.6) is 0 Å². The van der Waals surface area contributed by atoms with Gasteiger partial charge in [-0.05, 0) is 88.5 Å². The summed E-state index contributed by atoms with van der Waals surface area (Å²) < 4.78 is 2.43. The maximum absolute atomic E-state index is 2.43. The Kier molecular flexibility index (Phi) is 7.53. The van der Waals surface area contributed by atoms with Crippen LogP contribution in [0.4, 0.5) is 17.1 Å². The third-order valence-electron chi connectivity index (χ3n) is 9.59. The number of hydrogen-bond acceptors (Lipinski definition) is 1. The van der Waals surface area contributed by atoms with Crippen LogP contribution in [0.25, 0.3) is 60.9 Å². The number of rotatable bonds is 7. The molecular formula is C48H34N2. The molecule has 8 aromatic carbocycles. The monoisotopic (exact) mass is 638 g/mol. The van der Waals surface area contributed by atoms with Gasteiger partial charge in [-0.2, -0.15) is 0 Å². The molecule has 1 aromatic heterocycles. The smallest absolute Gasteiger partial charge is 0.0541 e. The molecule has 1 heterocycles. The molecule has 0 unspecified atom stereocenters. The normalized spacial score (nSPS) is 11.2. The van der Waals surface area contributed by atoms with Crippen molar-refractivity contribution >= 4 is 38.9 Å². The van der Waals surface area contributed by atoms with Gasteiger partial charge in [-0.25, -0.2) is 0 Å². The molecule has 9 aromatic rings. The zero-order valence-electron chi connectivity index (χ0n) is 27.5. The van der Waals surface area contributed by atoms with Gasteiger partial charge >= 0.3 is 0 Å². The molecule has 0 bridgehead atoms. The van der Waals surface area contributed by atoms with Crippen molar-refractivity contribution in [2.24, 2.45) is 0 Å². The molecule has 0 fully saturated rings. The Balaban J connectivity index is 1.31. The van der Waals surface area contributed by atoms with Crippen molar-refractivity contribution < 1.29 is 0 Å². The minimum Gasteiger partial charge on any atom is -0.310 e. The van der Waals surface area contributed by atoms with Gasteiger partial charge in [-0.3, -0.25) is 0 Å². The summed E-state index contributed by atoms with van der Waals surface area (Å²) >= 11 is 0. The predicted molar refractivity (Wildman–Crippen MR) is 212 cm³/mol. The van der Waals surface area contributed by atoms with Crippen LogP contribution in [0.15, 0.2) is 206 Å². The van der Waals surface area contributed by atoms with E-state index >= 15 is 0 Å². The van der Waals surface area contributed by atoms with Crippen LogP contribution in [-0.4, -0.2) is 4.57 Å². The van der Waals surface area contributed by atoms with Gasteiger partial charge in [0.05, 0.1) is 16.7 Å². The molecule has 0 spiro atoms. The second-order valence-electron chi connectivity index (χ2n) is 12.6. The van der Waals surface area contributed by atoms with E-state index in [0.29, 0.717) is 0 Å². The predicted octanol–water partition coefficient (Wildman–Crippen LogP) is 13.3. The average Bonchev–Trinajstić information content (AvgIpc) is 3.53. The van der Waals surface area contributed by atoms with Crippen LogP contribution in [0.1, 0.15) is 0 Å². The summed E-state index contributed by atoms with van der Waals surface area (Å²) in [4.78, 5) is 2.34. The number of para-hydroxylation sites is 5. The lowest BCUT2D eigenvalue weighted by Crippen LogP contribution is -2.10. The molecule has 0 saturated heterocycles. The van der Waals surface area contributed by atoms with Crippen LogP contribution in [0.2, 0.25) is 0 Å². The van der Waals surface area contributed by atoms with E-state index in [1.807, 2.05) is 0 Å². The Morgan fingerprint density at radius 2 is 0.820 bits per heavy atom. The zero-order valence-corrected chi connectivity index (χ0v) is 27.5. The molecule has 0 aliphatic carbocycles. The van der Waals surface area contributed by atoms with Crippen LogP contribution in [0.3, 0.4) is 0 Å². The first-order chi connectivity index (χ1) is 24.8. The fourth-order valence-electron chi connectivity index (χ4n) is 7.32. The lowest BCUT2D eigenvalue weighted by molar-refractivity contribution is 1.18. The highest BCUT2D eigenvalue weighted by Crippen LogP contribution is 2.44. The van der Waals surface area contributed by atoms with Crippen molar-refractivity contribution in [1.82, 2.24) is 4.57 Å². The number of fused-ring (bicyclic) bond motifs is 3. The van der Waals surface area contributed by atoms with Gasteiger partial charge in [-0.15, -0.1) is 0 Å². The van der Waals surface area contributed by atoms with E-state index in [0.717, 1.165) is 22.7 Å². The third kappa shape index (κ3) is 5.24. The van der Waals surface area contributed by atoms with E-state index in [4.69, 9.17) is 0 Å².